The summed E-state index contributed by atoms with van der Waals surface area (Å²) >= 11 is 0. The number of rotatable bonds is 1. The fourth-order valence-corrected chi connectivity index (χ4v) is 1.31. The molecule has 0 spiro atoms. The van der Waals surface area contributed by atoms with Crippen LogP contribution in [0.4, 0.5) is 0 Å². The van der Waals surface area contributed by atoms with Gasteiger partial charge in [0.1, 0.15) is 0 Å². The second kappa shape index (κ2) is 2.41. The summed E-state index contributed by atoms with van der Waals surface area (Å²) in [5.41, 5.74) is 2.10. The van der Waals surface area contributed by atoms with Crippen LogP contribution >= 0.6 is 0 Å². The standard InChI is InChI=1S/C9H12O/c1-6(2)9-7(3)4-5-8(9)10/h4-6H,1-3H3. The normalized spacial score (nSPS) is 17.8. The molecule has 0 heterocycles. The number of hydrogen-bond acceptors (Lipinski definition) is 1. The van der Waals surface area contributed by atoms with Crippen LogP contribution in [0.2, 0.25) is 0 Å². The van der Waals surface area contributed by atoms with Gasteiger partial charge in [0.25, 0.3) is 0 Å². The quantitative estimate of drug-likeness (QED) is 0.539. The Morgan fingerprint density at radius 3 is 2.10 bits per heavy atom. The van der Waals surface area contributed by atoms with Crippen LogP contribution in [0.25, 0.3) is 0 Å². The minimum Gasteiger partial charge on any atom is -0.290 e. The molecule has 0 amide bonds. The highest BCUT2D eigenvalue weighted by molar-refractivity contribution is 6.08. The van der Waals surface area contributed by atoms with Crippen molar-refractivity contribution >= 4 is 5.78 Å². The number of hydrogen-bond donors (Lipinski definition) is 0. The number of ketones is 1. The van der Waals surface area contributed by atoms with Crippen molar-refractivity contribution in [1.82, 2.24) is 0 Å². The minimum absolute atomic E-state index is 0.188. The van der Waals surface area contributed by atoms with E-state index in [1.807, 2.05) is 26.8 Å². The summed E-state index contributed by atoms with van der Waals surface area (Å²) in [4.78, 5) is 11.1. The molecular weight excluding hydrogens is 124 g/mol. The lowest BCUT2D eigenvalue weighted by molar-refractivity contribution is -0.111. The van der Waals surface area contributed by atoms with Crippen molar-refractivity contribution in [3.05, 3.63) is 23.3 Å². The highest BCUT2D eigenvalue weighted by Gasteiger charge is 2.16. The summed E-state index contributed by atoms with van der Waals surface area (Å²) in [6, 6.07) is 0. The molecule has 0 aromatic heterocycles. The van der Waals surface area contributed by atoms with Crippen LogP contribution in [-0.2, 0) is 4.79 Å². The van der Waals surface area contributed by atoms with Gasteiger partial charge in [-0.15, -0.1) is 0 Å². The van der Waals surface area contributed by atoms with E-state index in [4.69, 9.17) is 0 Å². The maximum absolute atomic E-state index is 11.1. The van der Waals surface area contributed by atoms with Crippen LogP contribution in [0.5, 0.6) is 0 Å². The lowest BCUT2D eigenvalue weighted by atomic mass is 9.99. The van der Waals surface area contributed by atoms with Crippen LogP contribution < -0.4 is 0 Å². The molecule has 0 aromatic rings. The van der Waals surface area contributed by atoms with Crippen molar-refractivity contribution in [3.8, 4) is 0 Å². The van der Waals surface area contributed by atoms with Gasteiger partial charge in [-0.1, -0.05) is 19.9 Å². The second-order valence-corrected chi connectivity index (χ2v) is 2.95. The van der Waals surface area contributed by atoms with E-state index in [0.29, 0.717) is 5.92 Å². The summed E-state index contributed by atoms with van der Waals surface area (Å²) in [5, 5.41) is 0. The van der Waals surface area contributed by atoms with Crippen molar-refractivity contribution in [1.29, 1.82) is 0 Å². The molecule has 0 aromatic carbocycles. The Morgan fingerprint density at radius 1 is 1.30 bits per heavy atom. The first kappa shape index (κ1) is 7.26. The molecule has 0 saturated heterocycles. The summed E-state index contributed by atoms with van der Waals surface area (Å²) in [7, 11) is 0. The van der Waals surface area contributed by atoms with E-state index >= 15 is 0 Å². The zero-order valence-corrected chi connectivity index (χ0v) is 6.64. The molecule has 0 fully saturated rings. The van der Waals surface area contributed by atoms with Crippen LogP contribution in [0.15, 0.2) is 23.3 Å². The van der Waals surface area contributed by atoms with Gasteiger partial charge in [-0.2, -0.15) is 0 Å². The summed E-state index contributed by atoms with van der Waals surface area (Å²) in [5.74, 6) is 0.551. The van der Waals surface area contributed by atoms with Gasteiger partial charge in [0.05, 0.1) is 0 Å². The molecule has 10 heavy (non-hydrogen) atoms. The van der Waals surface area contributed by atoms with Gasteiger partial charge >= 0.3 is 0 Å². The SMILES string of the molecule is CC1=C(C(C)C)C(=O)C=C1. The van der Waals surface area contributed by atoms with Gasteiger partial charge in [0.15, 0.2) is 5.78 Å². The van der Waals surface area contributed by atoms with E-state index in [-0.39, 0.29) is 5.78 Å². The predicted molar refractivity (Wildman–Crippen MR) is 41.7 cm³/mol. The van der Waals surface area contributed by atoms with E-state index in [2.05, 4.69) is 0 Å². The molecule has 0 N–H and O–H groups in total. The van der Waals surface area contributed by atoms with Gasteiger partial charge < -0.3 is 0 Å². The third kappa shape index (κ3) is 1.04. The monoisotopic (exact) mass is 136 g/mol. The third-order valence-electron chi connectivity index (χ3n) is 1.75. The Morgan fingerprint density at radius 2 is 1.90 bits per heavy atom. The van der Waals surface area contributed by atoms with Gasteiger partial charge in [-0.3, -0.25) is 4.79 Å². The first-order chi connectivity index (χ1) is 4.63. The van der Waals surface area contributed by atoms with Crippen molar-refractivity contribution < 1.29 is 4.79 Å². The molecule has 0 saturated carbocycles. The molecule has 1 nitrogen and oxygen atoms in total. The first-order valence-corrected chi connectivity index (χ1v) is 3.56. The van der Waals surface area contributed by atoms with Crippen molar-refractivity contribution in [2.45, 2.75) is 20.8 Å². The highest BCUT2D eigenvalue weighted by Crippen LogP contribution is 2.22. The van der Waals surface area contributed by atoms with Gasteiger partial charge in [-0.05, 0) is 24.5 Å². The highest BCUT2D eigenvalue weighted by atomic mass is 16.1. The first-order valence-electron chi connectivity index (χ1n) is 3.56. The fraction of sp³-hybridized carbons (Fsp3) is 0.444. The zero-order chi connectivity index (χ0) is 7.72. The maximum Gasteiger partial charge on any atom is 0.182 e. The molecule has 1 rings (SSSR count). The molecule has 0 radical (unpaired) electrons. The van der Waals surface area contributed by atoms with Crippen LogP contribution in [-0.4, -0.2) is 5.78 Å². The predicted octanol–water partition coefficient (Wildman–Crippen LogP) is 2.10. The molecule has 1 aliphatic rings. The molecular formula is C9H12O. The molecule has 1 heteroatoms. The molecule has 0 bridgehead atoms. The second-order valence-electron chi connectivity index (χ2n) is 2.95. The fourth-order valence-electron chi connectivity index (χ4n) is 1.31. The third-order valence-corrected chi connectivity index (χ3v) is 1.75. The molecule has 1 aliphatic carbocycles. The summed E-state index contributed by atoms with van der Waals surface area (Å²) < 4.78 is 0. The molecule has 54 valence electrons. The summed E-state index contributed by atoms with van der Waals surface area (Å²) in [6.45, 7) is 6.07. The lowest BCUT2D eigenvalue weighted by Gasteiger charge is -2.05. The van der Waals surface area contributed by atoms with Crippen molar-refractivity contribution in [2.75, 3.05) is 0 Å². The van der Waals surface area contributed by atoms with E-state index in [1.54, 1.807) is 6.08 Å². The minimum atomic E-state index is 0.188. The zero-order valence-electron chi connectivity index (χ0n) is 6.64. The smallest absolute Gasteiger partial charge is 0.182 e. The van der Waals surface area contributed by atoms with Crippen molar-refractivity contribution in [2.24, 2.45) is 5.92 Å². The maximum atomic E-state index is 11.1. The van der Waals surface area contributed by atoms with Gasteiger partial charge in [0.2, 0.25) is 0 Å². The van der Waals surface area contributed by atoms with Crippen LogP contribution in [0.3, 0.4) is 0 Å². The van der Waals surface area contributed by atoms with Gasteiger partial charge in [-0.25, -0.2) is 0 Å². The topological polar surface area (TPSA) is 17.1 Å². The summed E-state index contributed by atoms with van der Waals surface area (Å²) in [6.07, 6.45) is 3.53. The van der Waals surface area contributed by atoms with E-state index in [9.17, 15) is 4.79 Å². The lowest BCUT2D eigenvalue weighted by Crippen LogP contribution is -2.02. The molecule has 0 atom stereocenters. The number of allylic oxidation sites excluding steroid dienone is 4. The average Bonchev–Trinajstić information content (AvgIpc) is 2.11. The Hall–Kier alpha value is -0.850. The van der Waals surface area contributed by atoms with Crippen LogP contribution in [0.1, 0.15) is 20.8 Å². The molecule has 0 unspecified atom stereocenters. The van der Waals surface area contributed by atoms with E-state index in [1.165, 1.54) is 0 Å². The Bertz CT molecular complexity index is 219. The van der Waals surface area contributed by atoms with Crippen molar-refractivity contribution in [3.63, 3.8) is 0 Å². The van der Waals surface area contributed by atoms with Crippen LogP contribution in [0, 0.1) is 5.92 Å². The largest absolute Gasteiger partial charge is 0.290 e. The number of carbonyl (C=O) groups is 1. The average molecular weight is 136 g/mol. The molecule has 0 aliphatic heterocycles. The Balaban J connectivity index is 2.96. The van der Waals surface area contributed by atoms with Gasteiger partial charge in [0, 0.05) is 5.57 Å². The van der Waals surface area contributed by atoms with E-state index < -0.39 is 0 Å². The van der Waals surface area contributed by atoms with E-state index in [0.717, 1.165) is 11.1 Å². The number of carbonyl (C=O) groups excluding carboxylic acids is 1. The Kier molecular flexibility index (Phi) is 1.75. The Labute approximate surface area is 61.4 Å².